The monoisotopic (exact) mass is 388 g/mol. The van der Waals surface area contributed by atoms with Crippen molar-refractivity contribution in [3.8, 4) is 18.2 Å². The summed E-state index contributed by atoms with van der Waals surface area (Å²) < 4.78 is 12.1. The quantitative estimate of drug-likeness (QED) is 0.829. The van der Waals surface area contributed by atoms with Gasteiger partial charge in [-0.15, -0.1) is 11.3 Å². The lowest BCUT2D eigenvalue weighted by molar-refractivity contribution is -0.252. The SMILES string of the molecule is Cc1ccsc1C1OC2(C)OC(=N)C(C#N)(C2c2ccccc2)C1(C#N)C#N. The summed E-state index contributed by atoms with van der Waals surface area (Å²) >= 11 is 1.36. The van der Waals surface area contributed by atoms with E-state index in [4.69, 9.17) is 14.9 Å². The summed E-state index contributed by atoms with van der Waals surface area (Å²) in [5.74, 6) is -2.55. The fourth-order valence-electron chi connectivity index (χ4n) is 4.52. The fourth-order valence-corrected chi connectivity index (χ4v) is 5.54. The summed E-state index contributed by atoms with van der Waals surface area (Å²) in [6, 6.07) is 17.3. The van der Waals surface area contributed by atoms with Crippen LogP contribution in [-0.4, -0.2) is 11.7 Å². The molecule has 138 valence electrons. The predicted octanol–water partition coefficient (Wildman–Crippen LogP) is 4.18. The molecule has 0 amide bonds. The van der Waals surface area contributed by atoms with Crippen LogP contribution >= 0.6 is 11.3 Å². The molecule has 28 heavy (non-hydrogen) atoms. The smallest absolute Gasteiger partial charge is 0.218 e. The molecule has 3 heterocycles. The molecule has 7 heteroatoms. The zero-order valence-corrected chi connectivity index (χ0v) is 16.1. The summed E-state index contributed by atoms with van der Waals surface area (Å²) in [6.07, 6.45) is -1.00. The van der Waals surface area contributed by atoms with Gasteiger partial charge in [-0.25, -0.2) is 0 Å². The van der Waals surface area contributed by atoms with Crippen molar-refractivity contribution in [1.29, 1.82) is 21.2 Å². The van der Waals surface area contributed by atoms with Gasteiger partial charge < -0.3 is 9.47 Å². The number of aryl methyl sites for hydroxylation is 1. The lowest BCUT2D eigenvalue weighted by Crippen LogP contribution is -2.57. The Balaban J connectivity index is 2.07. The van der Waals surface area contributed by atoms with E-state index in [1.54, 1.807) is 19.1 Å². The first-order chi connectivity index (χ1) is 13.4. The standard InChI is InChI=1S/C21H16N4O2S/c1-13-8-9-28-15(13)17-20(10-22,11-23)21(12-24)16(14-6-4-3-5-7-14)19(2,26-17)27-18(21)25/h3-9,16-17,25H,1-2H3. The highest BCUT2D eigenvalue weighted by Crippen LogP contribution is 2.69. The van der Waals surface area contributed by atoms with Crippen molar-refractivity contribution in [2.75, 3.05) is 0 Å². The highest BCUT2D eigenvalue weighted by atomic mass is 32.1. The minimum absolute atomic E-state index is 0.397. The van der Waals surface area contributed by atoms with E-state index < -0.39 is 34.5 Å². The largest absolute Gasteiger partial charge is 0.447 e. The molecule has 1 aromatic carbocycles. The van der Waals surface area contributed by atoms with Gasteiger partial charge in [-0.1, -0.05) is 30.3 Å². The number of thiophene rings is 1. The van der Waals surface area contributed by atoms with Gasteiger partial charge in [0.15, 0.2) is 5.41 Å². The number of nitriles is 3. The molecule has 6 nitrogen and oxygen atoms in total. The molecular weight excluding hydrogens is 372 g/mol. The molecule has 1 N–H and O–H groups in total. The van der Waals surface area contributed by atoms with E-state index in [-0.39, 0.29) is 0 Å². The molecule has 4 atom stereocenters. The summed E-state index contributed by atoms with van der Waals surface area (Å²) in [6.45, 7) is 3.54. The third-order valence-electron chi connectivity index (χ3n) is 5.79. The van der Waals surface area contributed by atoms with E-state index in [0.717, 1.165) is 5.56 Å². The molecule has 1 aromatic heterocycles. The topological polar surface area (TPSA) is 114 Å². The minimum Gasteiger partial charge on any atom is -0.447 e. The maximum atomic E-state index is 10.3. The van der Waals surface area contributed by atoms with E-state index in [9.17, 15) is 15.8 Å². The van der Waals surface area contributed by atoms with Crippen molar-refractivity contribution in [3.05, 3.63) is 57.8 Å². The maximum absolute atomic E-state index is 10.3. The van der Waals surface area contributed by atoms with Crippen LogP contribution in [0.25, 0.3) is 0 Å². The highest BCUT2D eigenvalue weighted by Gasteiger charge is 2.80. The minimum atomic E-state index is -1.94. The molecule has 4 rings (SSSR count). The van der Waals surface area contributed by atoms with Crippen LogP contribution in [0.1, 0.15) is 34.9 Å². The second-order valence-electron chi connectivity index (χ2n) is 7.21. The van der Waals surface area contributed by atoms with Crippen LogP contribution < -0.4 is 0 Å². The molecule has 2 fully saturated rings. The van der Waals surface area contributed by atoms with Crippen molar-refractivity contribution in [2.45, 2.75) is 31.7 Å². The third kappa shape index (κ3) is 1.94. The van der Waals surface area contributed by atoms with Crippen molar-refractivity contribution in [3.63, 3.8) is 0 Å². The van der Waals surface area contributed by atoms with Gasteiger partial charge in [0.2, 0.25) is 17.1 Å². The van der Waals surface area contributed by atoms with E-state index in [0.29, 0.717) is 10.4 Å². The second kappa shape index (κ2) is 5.91. The number of benzene rings is 1. The average Bonchev–Trinajstić information content (AvgIpc) is 3.19. The summed E-state index contributed by atoms with van der Waals surface area (Å²) in [7, 11) is 0. The molecule has 2 aromatic rings. The third-order valence-corrected chi connectivity index (χ3v) is 6.85. The van der Waals surface area contributed by atoms with Crippen LogP contribution in [0.2, 0.25) is 0 Å². The number of hydrogen-bond acceptors (Lipinski definition) is 7. The van der Waals surface area contributed by atoms with E-state index >= 15 is 0 Å². The molecule has 2 saturated heterocycles. The van der Waals surface area contributed by atoms with Gasteiger partial charge in [-0.2, -0.15) is 15.8 Å². The molecule has 2 bridgehead atoms. The van der Waals surface area contributed by atoms with Gasteiger partial charge in [-0.05, 0) is 29.5 Å². The Morgan fingerprint density at radius 1 is 1.07 bits per heavy atom. The molecule has 0 aliphatic carbocycles. The normalized spacial score (nSPS) is 32.6. The van der Waals surface area contributed by atoms with Gasteiger partial charge in [-0.3, -0.25) is 5.41 Å². The Morgan fingerprint density at radius 2 is 1.75 bits per heavy atom. The first-order valence-electron chi connectivity index (χ1n) is 8.68. The maximum Gasteiger partial charge on any atom is 0.218 e. The fraction of sp³-hybridized carbons (Fsp3) is 0.333. The molecule has 0 saturated carbocycles. The van der Waals surface area contributed by atoms with Gasteiger partial charge in [0.1, 0.15) is 6.10 Å². The van der Waals surface area contributed by atoms with Crippen molar-refractivity contribution in [1.82, 2.24) is 0 Å². The lowest BCUT2D eigenvalue weighted by Gasteiger charge is -2.48. The number of rotatable bonds is 2. The van der Waals surface area contributed by atoms with E-state index in [2.05, 4.69) is 18.2 Å². The Kier molecular flexibility index (Phi) is 3.84. The molecular formula is C21H16N4O2S. The number of ether oxygens (including phenoxy) is 2. The highest BCUT2D eigenvalue weighted by molar-refractivity contribution is 7.10. The number of nitrogens with one attached hydrogen (secondary N) is 1. The van der Waals surface area contributed by atoms with Crippen molar-refractivity contribution >= 4 is 17.2 Å². The average molecular weight is 388 g/mol. The van der Waals surface area contributed by atoms with Gasteiger partial charge >= 0.3 is 0 Å². The Morgan fingerprint density at radius 3 is 2.29 bits per heavy atom. The Bertz CT molecular complexity index is 1080. The zero-order chi connectivity index (χ0) is 20.2. The lowest BCUT2D eigenvalue weighted by atomic mass is 9.53. The van der Waals surface area contributed by atoms with Crippen molar-refractivity contribution in [2.24, 2.45) is 10.8 Å². The Labute approximate surface area is 166 Å². The van der Waals surface area contributed by atoms with E-state index in [1.165, 1.54) is 11.3 Å². The number of hydrogen-bond donors (Lipinski definition) is 1. The molecule has 2 aliphatic heterocycles. The summed E-state index contributed by atoms with van der Waals surface area (Å²) in [5, 5.41) is 41.2. The van der Waals surface area contributed by atoms with Gasteiger partial charge in [0.25, 0.3) is 0 Å². The zero-order valence-electron chi connectivity index (χ0n) is 15.3. The summed E-state index contributed by atoms with van der Waals surface area (Å²) in [5.41, 5.74) is -2.19. The van der Waals surface area contributed by atoms with Crippen LogP contribution in [0.4, 0.5) is 0 Å². The number of fused-ring (bicyclic) bond motifs is 2. The van der Waals surface area contributed by atoms with Crippen LogP contribution in [0, 0.1) is 57.2 Å². The van der Waals surface area contributed by atoms with Crippen molar-refractivity contribution < 1.29 is 9.47 Å². The van der Waals surface area contributed by atoms with Gasteiger partial charge in [0, 0.05) is 11.8 Å². The van der Waals surface area contributed by atoms with Crippen LogP contribution in [0.5, 0.6) is 0 Å². The predicted molar refractivity (Wildman–Crippen MR) is 101 cm³/mol. The molecule has 2 aliphatic rings. The second-order valence-corrected chi connectivity index (χ2v) is 8.16. The Hall–Kier alpha value is -3.18. The first kappa shape index (κ1) is 18.2. The van der Waals surface area contributed by atoms with Gasteiger partial charge in [0.05, 0.1) is 24.1 Å². The van der Waals surface area contributed by atoms with Crippen LogP contribution in [0.3, 0.4) is 0 Å². The molecule has 4 unspecified atom stereocenters. The summed E-state index contributed by atoms with van der Waals surface area (Å²) in [4.78, 5) is 0.693. The van der Waals surface area contributed by atoms with Crippen LogP contribution in [-0.2, 0) is 9.47 Å². The molecule has 0 spiro atoms. The first-order valence-corrected chi connectivity index (χ1v) is 9.56. The van der Waals surface area contributed by atoms with Crippen LogP contribution in [0.15, 0.2) is 41.8 Å². The number of nitrogens with zero attached hydrogens (tertiary/aromatic N) is 3. The molecule has 0 radical (unpaired) electrons. The van der Waals surface area contributed by atoms with E-state index in [1.807, 2.05) is 36.6 Å².